The van der Waals surface area contributed by atoms with Gasteiger partial charge < -0.3 is 14.9 Å². The van der Waals surface area contributed by atoms with E-state index in [-0.39, 0.29) is 24.6 Å². The maximum absolute atomic E-state index is 12.4. The number of ketones is 1. The van der Waals surface area contributed by atoms with Crippen LogP contribution in [0.25, 0.3) is 0 Å². The van der Waals surface area contributed by atoms with Gasteiger partial charge in [-0.15, -0.1) is 0 Å². The third kappa shape index (κ3) is 9.02. The van der Waals surface area contributed by atoms with Gasteiger partial charge in [0.15, 0.2) is 0 Å². The van der Waals surface area contributed by atoms with Crippen LogP contribution in [0.1, 0.15) is 91.2 Å². The molecule has 1 rings (SSSR count). The quantitative estimate of drug-likeness (QED) is 0.284. The van der Waals surface area contributed by atoms with Gasteiger partial charge in [-0.2, -0.15) is 0 Å². The highest BCUT2D eigenvalue weighted by atomic mass is 16.5. The minimum atomic E-state index is -2.93. The average Bonchev–Trinajstić information content (AvgIpc) is 2.95. The lowest BCUT2D eigenvalue weighted by atomic mass is 9.87. The molecule has 0 heterocycles. The van der Waals surface area contributed by atoms with E-state index in [4.69, 9.17) is 6.85 Å². The molecule has 0 bridgehead atoms. The van der Waals surface area contributed by atoms with Crippen LogP contribution >= 0.6 is 0 Å². The number of aliphatic hydroxyl groups excluding tert-OH is 1. The molecule has 1 fully saturated rings. The van der Waals surface area contributed by atoms with Crippen molar-refractivity contribution in [3.63, 3.8) is 0 Å². The number of methoxy groups -OCH3 is 1. The summed E-state index contributed by atoms with van der Waals surface area (Å²) >= 11 is 0. The third-order valence-corrected chi connectivity index (χ3v) is 5.05. The molecule has 0 aromatic rings. The number of hydrogen-bond donors (Lipinski definition) is 2. The molecule has 5 heteroatoms. The number of esters is 1. The number of Topliss-reactive ketones (excluding diaryl/α,β-unsaturated/α-hetero) is 1. The maximum atomic E-state index is 12.4. The second kappa shape index (κ2) is 12.3. The van der Waals surface area contributed by atoms with Crippen molar-refractivity contribution in [1.29, 1.82) is 0 Å². The Hall–Kier alpha value is -1.20. The minimum absolute atomic E-state index is 0.0300. The van der Waals surface area contributed by atoms with E-state index in [9.17, 15) is 19.8 Å². The molecule has 0 aromatic heterocycles. The van der Waals surface area contributed by atoms with Crippen molar-refractivity contribution in [3.8, 4) is 0 Å². The molecule has 0 aromatic carbocycles. The van der Waals surface area contributed by atoms with Crippen LogP contribution in [0, 0.1) is 11.8 Å². The summed E-state index contributed by atoms with van der Waals surface area (Å²) in [5, 5.41) is 21.1. The first kappa shape index (κ1) is 16.7. The van der Waals surface area contributed by atoms with E-state index in [0.29, 0.717) is 25.7 Å². The second-order valence-electron chi connectivity index (χ2n) is 7.37. The summed E-state index contributed by atoms with van der Waals surface area (Å²) in [6.45, 7) is -1.21. The highest BCUT2D eigenvalue weighted by molar-refractivity contribution is 5.84. The van der Waals surface area contributed by atoms with Gasteiger partial charge in [0.05, 0.1) is 18.8 Å². The van der Waals surface area contributed by atoms with Crippen molar-refractivity contribution in [2.24, 2.45) is 11.8 Å². The number of ether oxygens (including phenoxy) is 1. The molecular weight excluding hydrogens is 344 g/mol. The van der Waals surface area contributed by atoms with Crippen molar-refractivity contribution >= 4 is 11.8 Å². The van der Waals surface area contributed by atoms with Crippen LogP contribution in [-0.4, -0.2) is 40.8 Å². The standard InChI is InChI=1S/C22H38O5/c1-4-5-14-22(2,26)15-10-12-18-17(19(23)16-20(18)24)11-8-6-7-9-13-21(25)27-3/h10,12,17-18,20,24,26H,4-9,11,13-16H2,1-3H3/t17-,18-,20-,22?/m1/s1/i2D3,14D2. The molecule has 27 heavy (non-hydrogen) atoms. The van der Waals surface area contributed by atoms with Crippen LogP contribution in [0.15, 0.2) is 12.2 Å². The molecule has 0 radical (unpaired) electrons. The zero-order valence-electron chi connectivity index (χ0n) is 21.6. The molecule has 1 aliphatic carbocycles. The van der Waals surface area contributed by atoms with E-state index >= 15 is 0 Å². The lowest BCUT2D eigenvalue weighted by molar-refractivity contribution is -0.140. The Morgan fingerprint density at radius 1 is 1.37 bits per heavy atom. The molecule has 0 saturated heterocycles. The summed E-state index contributed by atoms with van der Waals surface area (Å²) in [5.41, 5.74) is -2.56. The molecule has 1 unspecified atom stereocenters. The maximum Gasteiger partial charge on any atom is 0.305 e. The Morgan fingerprint density at radius 2 is 2.11 bits per heavy atom. The van der Waals surface area contributed by atoms with Gasteiger partial charge in [-0.1, -0.05) is 51.2 Å². The number of carbonyl (C=O) groups is 2. The Bertz CT molecular complexity index is 649. The van der Waals surface area contributed by atoms with Gasteiger partial charge in [-0.25, -0.2) is 0 Å². The zero-order chi connectivity index (χ0) is 24.6. The Balaban J connectivity index is 2.75. The first-order valence-corrected chi connectivity index (χ1v) is 9.97. The van der Waals surface area contributed by atoms with Crippen molar-refractivity contribution in [2.45, 2.75) is 96.1 Å². The van der Waals surface area contributed by atoms with Gasteiger partial charge in [0.2, 0.25) is 0 Å². The lowest BCUT2D eigenvalue weighted by Gasteiger charge is -2.22. The molecule has 156 valence electrons. The van der Waals surface area contributed by atoms with Crippen LogP contribution in [0.2, 0.25) is 0 Å². The second-order valence-corrected chi connectivity index (χ2v) is 7.37. The van der Waals surface area contributed by atoms with Gasteiger partial charge in [-0.3, -0.25) is 9.59 Å². The molecule has 0 amide bonds. The number of aliphatic hydroxyl groups is 2. The summed E-state index contributed by atoms with van der Waals surface area (Å²) in [7, 11) is 1.35. The van der Waals surface area contributed by atoms with Gasteiger partial charge in [0.25, 0.3) is 0 Å². The van der Waals surface area contributed by atoms with Gasteiger partial charge in [-0.05, 0) is 32.5 Å². The largest absolute Gasteiger partial charge is 0.469 e. The number of hydrogen-bond acceptors (Lipinski definition) is 5. The molecule has 0 aliphatic heterocycles. The lowest BCUT2D eigenvalue weighted by Crippen LogP contribution is -2.23. The van der Waals surface area contributed by atoms with Crippen LogP contribution in [0.5, 0.6) is 0 Å². The van der Waals surface area contributed by atoms with E-state index < -0.39 is 43.2 Å². The summed E-state index contributed by atoms with van der Waals surface area (Å²) in [4.78, 5) is 23.5. The first-order chi connectivity index (χ1) is 14.8. The molecule has 5 nitrogen and oxygen atoms in total. The van der Waals surface area contributed by atoms with Crippen LogP contribution < -0.4 is 0 Å². The molecule has 0 spiro atoms. The summed E-state index contributed by atoms with van der Waals surface area (Å²) in [5.74, 6) is -1.18. The Labute approximate surface area is 171 Å². The predicted molar refractivity (Wildman–Crippen MR) is 106 cm³/mol. The fourth-order valence-corrected chi connectivity index (χ4v) is 3.48. The summed E-state index contributed by atoms with van der Waals surface area (Å²) < 4.78 is 43.9. The van der Waals surface area contributed by atoms with Crippen molar-refractivity contribution in [1.82, 2.24) is 0 Å². The Morgan fingerprint density at radius 3 is 2.78 bits per heavy atom. The van der Waals surface area contributed by atoms with Gasteiger partial charge in [0.1, 0.15) is 5.78 Å². The molecule has 4 atom stereocenters. The SMILES string of the molecule is [2H]C([2H])([2H])C(O)(CC=C[C@H]1[C@H](O)CC(=O)[C@@H]1CCCCCCC(=O)OC)C([2H])([2H])CCC. The van der Waals surface area contributed by atoms with Gasteiger partial charge >= 0.3 is 5.97 Å². The molecule has 2 N–H and O–H groups in total. The minimum Gasteiger partial charge on any atom is -0.469 e. The molecular formula is C22H38O5. The highest BCUT2D eigenvalue weighted by Crippen LogP contribution is 2.34. The Kier molecular flexibility index (Phi) is 7.62. The smallest absolute Gasteiger partial charge is 0.305 e. The van der Waals surface area contributed by atoms with E-state index in [1.54, 1.807) is 13.0 Å². The molecule has 1 saturated carbocycles. The van der Waals surface area contributed by atoms with Crippen molar-refractivity contribution in [2.75, 3.05) is 7.11 Å². The highest BCUT2D eigenvalue weighted by Gasteiger charge is 2.39. The van der Waals surface area contributed by atoms with E-state index in [2.05, 4.69) is 4.74 Å². The fraction of sp³-hybridized carbons (Fsp3) is 0.818. The summed E-state index contributed by atoms with van der Waals surface area (Å²) in [6, 6.07) is 0. The van der Waals surface area contributed by atoms with Crippen molar-refractivity contribution in [3.05, 3.63) is 12.2 Å². The average molecular weight is 388 g/mol. The van der Waals surface area contributed by atoms with Crippen LogP contribution in [0.4, 0.5) is 0 Å². The van der Waals surface area contributed by atoms with E-state index in [1.807, 2.05) is 0 Å². The first-order valence-electron chi connectivity index (χ1n) is 12.5. The fourth-order valence-electron chi connectivity index (χ4n) is 3.48. The number of unbranched alkanes of at least 4 members (excludes halogenated alkanes) is 3. The van der Waals surface area contributed by atoms with E-state index in [1.165, 1.54) is 13.2 Å². The third-order valence-electron chi connectivity index (χ3n) is 5.05. The normalized spacial score (nSPS) is 28.8. The van der Waals surface area contributed by atoms with Crippen LogP contribution in [-0.2, 0) is 14.3 Å². The zero-order valence-corrected chi connectivity index (χ0v) is 16.6. The number of rotatable bonds is 13. The molecule has 1 aliphatic rings. The van der Waals surface area contributed by atoms with Crippen LogP contribution in [0.3, 0.4) is 0 Å². The monoisotopic (exact) mass is 387 g/mol. The topological polar surface area (TPSA) is 83.8 Å². The van der Waals surface area contributed by atoms with Crippen molar-refractivity contribution < 1.29 is 31.4 Å². The summed E-state index contributed by atoms with van der Waals surface area (Å²) in [6.07, 6.45) is 3.72. The van der Waals surface area contributed by atoms with Gasteiger partial charge in [0, 0.05) is 31.5 Å². The predicted octanol–water partition coefficient (Wildman–Crippen LogP) is 3.95. The number of carbonyl (C=O) groups excluding carboxylic acids is 2. The van der Waals surface area contributed by atoms with E-state index in [0.717, 1.165) is 19.3 Å².